The van der Waals surface area contributed by atoms with Crippen molar-refractivity contribution in [2.24, 2.45) is 7.05 Å². The first-order valence-corrected chi connectivity index (χ1v) is 12.7. The first-order valence-electron chi connectivity index (χ1n) is 10.6. The van der Waals surface area contributed by atoms with Crippen LogP contribution in [0.1, 0.15) is 35.5 Å². The lowest BCUT2D eigenvalue weighted by Crippen LogP contribution is -2.31. The number of aliphatic hydroxyl groups excluding tert-OH is 1. The summed E-state index contributed by atoms with van der Waals surface area (Å²) in [6.45, 7) is -0.0241. The molecule has 2 N–H and O–H groups in total. The van der Waals surface area contributed by atoms with Gasteiger partial charge in [0.1, 0.15) is 0 Å². The Balaban J connectivity index is 1.51. The predicted octanol–water partition coefficient (Wildman–Crippen LogP) is 4.35. The molecule has 3 atom stereocenters. The number of nitrogens with one attached hydrogen (secondary N) is 1. The van der Waals surface area contributed by atoms with E-state index in [-0.39, 0.29) is 18.8 Å². The molecule has 4 rings (SSSR count). The molecule has 0 radical (unpaired) electrons. The van der Waals surface area contributed by atoms with Crippen LogP contribution >= 0.6 is 46.6 Å². The molecule has 1 saturated heterocycles. The molecule has 2 heterocycles. The second-order valence-corrected chi connectivity index (χ2v) is 11.1. The largest absolute Gasteiger partial charge is 0.392 e. The van der Waals surface area contributed by atoms with Gasteiger partial charge in [-0.2, -0.15) is 0 Å². The average Bonchev–Trinajstić information content (AvgIpc) is 3.27. The number of aromatic nitrogens is 4. The number of hydrogen-bond donors (Lipinski definition) is 2. The highest BCUT2D eigenvalue weighted by Gasteiger charge is 2.33. The minimum Gasteiger partial charge on any atom is -0.392 e. The number of halogens is 3. The van der Waals surface area contributed by atoms with Crippen LogP contribution in [0.15, 0.2) is 53.7 Å². The summed E-state index contributed by atoms with van der Waals surface area (Å²) in [6, 6.07) is 14.6. The van der Waals surface area contributed by atoms with Gasteiger partial charge in [-0.3, -0.25) is 4.79 Å². The van der Waals surface area contributed by atoms with Crippen LogP contribution in [0.2, 0.25) is 0 Å². The maximum Gasteiger partial charge on any atom is 0.276 e. The normalized spacial score (nSPS) is 20.5. The summed E-state index contributed by atoms with van der Waals surface area (Å²) < 4.78 is 12.1. The third-order valence-corrected chi connectivity index (χ3v) is 6.95. The number of benzene rings is 2. The molecule has 1 aliphatic rings. The van der Waals surface area contributed by atoms with Crippen molar-refractivity contribution in [2.75, 3.05) is 11.1 Å². The fourth-order valence-corrected chi connectivity index (χ4v) is 4.47. The Labute approximate surface area is 221 Å². The molecule has 1 amide bonds. The van der Waals surface area contributed by atoms with Gasteiger partial charge in [-0.25, -0.2) is 4.68 Å². The molecule has 0 aliphatic carbocycles. The van der Waals surface area contributed by atoms with Crippen molar-refractivity contribution >= 4 is 58.2 Å². The lowest BCUT2D eigenvalue weighted by molar-refractivity contribution is -0.245. The van der Waals surface area contributed by atoms with Crippen LogP contribution in [0.4, 0.5) is 5.69 Å². The van der Waals surface area contributed by atoms with E-state index in [1.165, 1.54) is 11.8 Å². The fourth-order valence-electron chi connectivity index (χ4n) is 3.46. The van der Waals surface area contributed by atoms with Gasteiger partial charge in [0.05, 0.1) is 18.8 Å². The number of aryl methyl sites for hydroxylation is 1. The highest BCUT2D eigenvalue weighted by molar-refractivity contribution is 7.99. The number of carbonyl (C=O) groups is 1. The van der Waals surface area contributed by atoms with Crippen LogP contribution in [-0.4, -0.2) is 46.9 Å². The highest BCUT2D eigenvalue weighted by atomic mass is 35.6. The zero-order valence-electron chi connectivity index (χ0n) is 18.5. The highest BCUT2D eigenvalue weighted by Crippen LogP contribution is 2.39. The van der Waals surface area contributed by atoms with Crippen LogP contribution in [0.5, 0.6) is 0 Å². The second kappa shape index (κ2) is 11.4. The molecule has 9 nitrogen and oxygen atoms in total. The minimum absolute atomic E-state index is 0.0241. The number of anilines is 1. The summed E-state index contributed by atoms with van der Waals surface area (Å²) in [5.41, 5.74) is 3.05. The Morgan fingerprint density at radius 2 is 1.83 bits per heavy atom. The number of amides is 1. The molecule has 3 aromatic rings. The zero-order chi connectivity index (χ0) is 25.0. The van der Waals surface area contributed by atoms with E-state index < -0.39 is 16.0 Å². The van der Waals surface area contributed by atoms with Gasteiger partial charge in [-0.15, -0.1) is 5.10 Å². The van der Waals surface area contributed by atoms with Crippen molar-refractivity contribution < 1.29 is 19.4 Å². The summed E-state index contributed by atoms with van der Waals surface area (Å²) in [6.07, 6.45) is -0.396. The third kappa shape index (κ3) is 6.85. The van der Waals surface area contributed by atoms with Crippen LogP contribution in [-0.2, 0) is 27.9 Å². The van der Waals surface area contributed by atoms with Crippen molar-refractivity contribution in [1.29, 1.82) is 0 Å². The minimum atomic E-state index is -2.06. The first-order chi connectivity index (χ1) is 16.7. The molecule has 186 valence electrons. The van der Waals surface area contributed by atoms with E-state index >= 15 is 0 Å². The van der Waals surface area contributed by atoms with Crippen molar-refractivity contribution in [3.05, 3.63) is 65.2 Å². The Bertz CT molecular complexity index is 1140. The number of nitrogens with zero attached hydrogens (tertiary/aromatic N) is 4. The van der Waals surface area contributed by atoms with Gasteiger partial charge < -0.3 is 19.9 Å². The first kappa shape index (κ1) is 26.2. The Morgan fingerprint density at radius 1 is 1.14 bits per heavy atom. The van der Waals surface area contributed by atoms with Crippen LogP contribution < -0.4 is 5.32 Å². The van der Waals surface area contributed by atoms with E-state index in [1.807, 2.05) is 24.3 Å². The van der Waals surface area contributed by atoms with E-state index in [2.05, 4.69) is 20.8 Å². The van der Waals surface area contributed by atoms with Crippen molar-refractivity contribution in [1.82, 2.24) is 20.2 Å². The number of rotatable bonds is 7. The van der Waals surface area contributed by atoms with E-state index in [1.54, 1.807) is 36.0 Å². The smallest absolute Gasteiger partial charge is 0.276 e. The number of alkyl halides is 3. The number of aliphatic hydroxyl groups is 1. The van der Waals surface area contributed by atoms with E-state index in [9.17, 15) is 9.90 Å². The quantitative estimate of drug-likeness (QED) is 0.325. The Hall–Kier alpha value is -1.92. The van der Waals surface area contributed by atoms with Crippen LogP contribution in [0.3, 0.4) is 0 Å². The number of carbonyl (C=O) groups excluding carboxylic acids is 1. The summed E-state index contributed by atoms with van der Waals surface area (Å²) in [7, 11) is 1.78. The Kier molecular flexibility index (Phi) is 8.54. The maximum atomic E-state index is 11.9. The van der Waals surface area contributed by atoms with Gasteiger partial charge in [-0.1, -0.05) is 83.0 Å². The summed E-state index contributed by atoms with van der Waals surface area (Å²) in [5.74, 6) is -0.126. The molecule has 0 spiro atoms. The fraction of sp³-hybridized carbons (Fsp3) is 0.364. The third-order valence-electron chi connectivity index (χ3n) is 5.29. The monoisotopic (exact) mass is 557 g/mol. The van der Waals surface area contributed by atoms with Crippen molar-refractivity contribution in [3.63, 3.8) is 0 Å². The molecule has 13 heteroatoms. The summed E-state index contributed by atoms with van der Waals surface area (Å²) in [4.78, 5) is 11.9. The topological polar surface area (TPSA) is 111 Å². The van der Waals surface area contributed by atoms with Gasteiger partial charge in [0.2, 0.25) is 5.16 Å². The number of tetrazole rings is 1. The molecule has 1 fully saturated rings. The van der Waals surface area contributed by atoms with Crippen molar-refractivity contribution in [3.8, 4) is 0 Å². The number of thioether (sulfide) groups is 1. The standard InChI is InChI=1S/C22H22Cl3N5O4S/c1-30-21(27-28-29-30)35-12-17-10-18(14-4-2-13(11-31)3-5-14)34-19(33-17)15-6-8-16(9-7-15)26-20(32)22(23,24)25/h2-9,17-19,31H,10-12H2,1H3,(H,26,32)/t17-,18+,19+/m1/s1. The molecule has 1 aromatic heterocycles. The molecule has 0 bridgehead atoms. The molecule has 2 aromatic carbocycles. The average molecular weight is 559 g/mol. The molecular weight excluding hydrogens is 537 g/mol. The summed E-state index contributed by atoms with van der Waals surface area (Å²) in [5, 5.41) is 24.1. The van der Waals surface area contributed by atoms with E-state index in [0.717, 1.165) is 16.7 Å². The zero-order valence-corrected chi connectivity index (χ0v) is 21.6. The lowest BCUT2D eigenvalue weighted by atomic mass is 10.0. The molecule has 0 unspecified atom stereocenters. The summed E-state index contributed by atoms with van der Waals surface area (Å²) >= 11 is 18.4. The number of ether oxygens (including phenoxy) is 2. The molecule has 35 heavy (non-hydrogen) atoms. The second-order valence-electron chi connectivity index (χ2n) is 7.82. The Morgan fingerprint density at radius 3 is 2.43 bits per heavy atom. The van der Waals surface area contributed by atoms with Gasteiger partial charge in [-0.05, 0) is 33.7 Å². The van der Waals surface area contributed by atoms with Crippen LogP contribution in [0, 0.1) is 0 Å². The van der Waals surface area contributed by atoms with Gasteiger partial charge in [0.15, 0.2) is 6.29 Å². The van der Waals surface area contributed by atoms with Gasteiger partial charge in [0.25, 0.3) is 9.70 Å². The molecule has 0 saturated carbocycles. The lowest BCUT2D eigenvalue weighted by Gasteiger charge is -2.36. The molecular formula is C22H22Cl3N5O4S. The molecule has 1 aliphatic heterocycles. The maximum absolute atomic E-state index is 11.9. The number of hydrogen-bond acceptors (Lipinski definition) is 8. The SMILES string of the molecule is Cn1nnnc1SC[C@H]1C[C@@H](c2ccc(CO)cc2)O[C@@H](c2ccc(NC(=O)C(Cl)(Cl)Cl)cc2)O1. The van der Waals surface area contributed by atoms with Gasteiger partial charge in [0, 0.05) is 30.5 Å². The predicted molar refractivity (Wildman–Crippen MR) is 133 cm³/mol. The van der Waals surface area contributed by atoms with Gasteiger partial charge >= 0.3 is 0 Å². The van der Waals surface area contributed by atoms with E-state index in [4.69, 9.17) is 44.3 Å². The van der Waals surface area contributed by atoms with Crippen LogP contribution in [0.25, 0.3) is 0 Å². The van der Waals surface area contributed by atoms with E-state index in [0.29, 0.717) is 23.0 Å². The van der Waals surface area contributed by atoms with Crippen molar-refractivity contribution in [2.45, 2.75) is 40.5 Å².